The lowest BCUT2D eigenvalue weighted by atomic mass is 9.96. The molecule has 19 nitrogen and oxygen atoms in total. The van der Waals surface area contributed by atoms with Crippen LogP contribution in [0.15, 0.2) is 85.1 Å². The molecule has 12 N–H and O–H groups in total. The van der Waals surface area contributed by atoms with Crippen LogP contribution in [-0.2, 0) is 33.2 Å². The Labute approximate surface area is 463 Å². The van der Waals surface area contributed by atoms with Crippen LogP contribution in [0, 0.1) is 0 Å². The molecule has 17 atom stereocenters. The van der Waals surface area contributed by atoms with Gasteiger partial charge in [-0.25, -0.2) is 0 Å². The maximum Gasteiger partial charge on any atom is 0.220 e. The first-order valence-corrected chi connectivity index (χ1v) is 28.8. The number of ether oxygens (including phenoxy) is 6. The van der Waals surface area contributed by atoms with Gasteiger partial charge in [0.05, 0.1) is 38.6 Å². The van der Waals surface area contributed by atoms with Crippen LogP contribution in [-0.4, -0.2) is 193 Å². The number of aliphatic hydroxyl groups excluding tert-OH is 11. The monoisotopic (exact) mass is 1110 g/mol. The maximum absolute atomic E-state index is 13.2. The third-order valence-electron chi connectivity index (χ3n) is 13.9. The first-order chi connectivity index (χ1) is 37.8. The molecule has 3 saturated heterocycles. The van der Waals surface area contributed by atoms with Gasteiger partial charge in [0.1, 0.15) is 73.2 Å². The minimum absolute atomic E-state index is 0.230. The molecule has 3 fully saturated rings. The fraction of sp³-hybridized carbons (Fsp3) is 0.746. The Morgan fingerprint density at radius 1 is 0.474 bits per heavy atom. The number of carbonyl (C=O) groups excluding carboxylic acids is 1. The zero-order valence-corrected chi connectivity index (χ0v) is 46.4. The molecule has 17 unspecified atom stereocenters. The molecule has 3 rings (SSSR count). The van der Waals surface area contributed by atoms with Crippen molar-refractivity contribution in [1.29, 1.82) is 0 Å². The molecular formula is C59H99NO18. The number of hydrogen-bond donors (Lipinski definition) is 12. The summed E-state index contributed by atoms with van der Waals surface area (Å²) in [5.74, 6) is -0.296. The molecule has 448 valence electrons. The van der Waals surface area contributed by atoms with Gasteiger partial charge in [0.15, 0.2) is 18.9 Å². The highest BCUT2D eigenvalue weighted by atomic mass is 16.8. The van der Waals surface area contributed by atoms with Gasteiger partial charge in [-0.3, -0.25) is 4.79 Å². The zero-order chi connectivity index (χ0) is 56.9. The average molecular weight is 1110 g/mol. The molecule has 0 aromatic rings. The Morgan fingerprint density at radius 3 is 1.37 bits per heavy atom. The molecule has 0 aromatic heterocycles. The smallest absolute Gasteiger partial charge is 0.220 e. The quantitative estimate of drug-likeness (QED) is 0.0299. The van der Waals surface area contributed by atoms with Crippen LogP contribution in [0.5, 0.6) is 0 Å². The van der Waals surface area contributed by atoms with Crippen molar-refractivity contribution >= 4 is 5.91 Å². The molecule has 19 heteroatoms. The number of unbranched alkanes of at least 4 members (excludes halogenated alkanes) is 12. The lowest BCUT2D eigenvalue weighted by Crippen LogP contribution is -2.66. The van der Waals surface area contributed by atoms with Gasteiger partial charge in [0, 0.05) is 6.42 Å². The van der Waals surface area contributed by atoms with Crippen molar-refractivity contribution in [3.63, 3.8) is 0 Å². The van der Waals surface area contributed by atoms with Crippen molar-refractivity contribution in [1.82, 2.24) is 5.32 Å². The molecular weight excluding hydrogens is 1010 g/mol. The van der Waals surface area contributed by atoms with Crippen molar-refractivity contribution in [3.05, 3.63) is 85.1 Å². The predicted octanol–water partition coefficient (Wildman–Crippen LogP) is 4.42. The van der Waals surface area contributed by atoms with Crippen LogP contribution in [0.25, 0.3) is 0 Å². The molecule has 0 radical (unpaired) electrons. The van der Waals surface area contributed by atoms with E-state index < -0.39 is 124 Å². The second-order valence-electron chi connectivity index (χ2n) is 20.4. The van der Waals surface area contributed by atoms with Gasteiger partial charge in [-0.2, -0.15) is 0 Å². The molecule has 0 aromatic carbocycles. The van der Waals surface area contributed by atoms with E-state index in [4.69, 9.17) is 28.4 Å². The van der Waals surface area contributed by atoms with Gasteiger partial charge >= 0.3 is 0 Å². The average Bonchev–Trinajstić information content (AvgIpc) is 3.48. The number of hydrogen-bond acceptors (Lipinski definition) is 18. The lowest BCUT2D eigenvalue weighted by molar-refractivity contribution is -0.379. The van der Waals surface area contributed by atoms with Gasteiger partial charge in [-0.15, -0.1) is 0 Å². The van der Waals surface area contributed by atoms with Crippen LogP contribution in [0.1, 0.15) is 149 Å². The third-order valence-corrected chi connectivity index (χ3v) is 13.9. The van der Waals surface area contributed by atoms with E-state index in [0.29, 0.717) is 12.8 Å². The van der Waals surface area contributed by atoms with Crippen molar-refractivity contribution in [2.24, 2.45) is 0 Å². The van der Waals surface area contributed by atoms with Gasteiger partial charge < -0.3 is 89.9 Å². The number of aliphatic hydroxyl groups is 11. The summed E-state index contributed by atoms with van der Waals surface area (Å²) in [4.78, 5) is 13.2. The molecule has 3 aliphatic rings. The van der Waals surface area contributed by atoms with Gasteiger partial charge in [0.2, 0.25) is 5.91 Å². The SMILES string of the molecule is CC/C=C\C/C=C\C/C=C\C/C=C\C/C=C\C/C=C\CCCCCCCCCCCCC(=O)NC(COC1OC(CO)C(OC2OC(CO)C(OC3OC(CO)C(O)C(O)C3O)C(O)C2O)C(O)C1O)C(O)/C=C/CCCC. The van der Waals surface area contributed by atoms with Crippen LogP contribution in [0.4, 0.5) is 0 Å². The van der Waals surface area contributed by atoms with E-state index >= 15 is 0 Å². The normalized spacial score (nSPS) is 31.1. The summed E-state index contributed by atoms with van der Waals surface area (Å²) >= 11 is 0. The Kier molecular flexibility index (Phi) is 37.2. The van der Waals surface area contributed by atoms with E-state index in [-0.39, 0.29) is 18.9 Å². The van der Waals surface area contributed by atoms with E-state index in [2.05, 4.69) is 85.2 Å². The first kappa shape index (κ1) is 69.2. The van der Waals surface area contributed by atoms with Crippen molar-refractivity contribution < 1.29 is 89.4 Å². The third kappa shape index (κ3) is 25.8. The highest BCUT2D eigenvalue weighted by Gasteiger charge is 2.53. The number of allylic oxidation sites excluding steroid dienone is 13. The van der Waals surface area contributed by atoms with E-state index in [9.17, 15) is 61.0 Å². The van der Waals surface area contributed by atoms with E-state index in [0.717, 1.165) is 83.5 Å². The van der Waals surface area contributed by atoms with Crippen LogP contribution >= 0.6 is 0 Å². The number of amides is 1. The minimum Gasteiger partial charge on any atom is -0.394 e. The Bertz CT molecular complexity index is 1750. The van der Waals surface area contributed by atoms with E-state index in [1.807, 2.05) is 13.0 Å². The summed E-state index contributed by atoms with van der Waals surface area (Å²) in [6, 6.07) is -0.976. The summed E-state index contributed by atoms with van der Waals surface area (Å²) < 4.78 is 34.0. The van der Waals surface area contributed by atoms with Gasteiger partial charge in [-0.1, -0.05) is 163 Å². The van der Waals surface area contributed by atoms with E-state index in [1.54, 1.807) is 6.08 Å². The molecule has 3 aliphatic heterocycles. The van der Waals surface area contributed by atoms with Crippen molar-refractivity contribution in [2.75, 3.05) is 26.4 Å². The summed E-state index contributed by atoms with van der Waals surface area (Å²) in [7, 11) is 0. The van der Waals surface area contributed by atoms with Crippen molar-refractivity contribution in [2.45, 2.75) is 253 Å². The van der Waals surface area contributed by atoms with Gasteiger partial charge in [-0.05, 0) is 64.2 Å². The first-order valence-electron chi connectivity index (χ1n) is 28.8. The van der Waals surface area contributed by atoms with Crippen molar-refractivity contribution in [3.8, 4) is 0 Å². The molecule has 78 heavy (non-hydrogen) atoms. The summed E-state index contributed by atoms with van der Waals surface area (Å²) in [6.45, 7) is 1.39. The lowest BCUT2D eigenvalue weighted by Gasteiger charge is -2.48. The molecule has 0 aliphatic carbocycles. The Morgan fingerprint density at radius 2 is 0.885 bits per heavy atom. The van der Waals surface area contributed by atoms with E-state index in [1.165, 1.54) is 32.1 Å². The number of carbonyl (C=O) groups is 1. The maximum atomic E-state index is 13.2. The number of rotatable bonds is 40. The molecule has 1 amide bonds. The van der Waals surface area contributed by atoms with Crippen LogP contribution in [0.3, 0.4) is 0 Å². The number of nitrogens with one attached hydrogen (secondary N) is 1. The predicted molar refractivity (Wildman–Crippen MR) is 295 cm³/mol. The second kappa shape index (κ2) is 41.9. The Balaban J connectivity index is 1.34. The highest BCUT2D eigenvalue weighted by molar-refractivity contribution is 5.76. The summed E-state index contributed by atoms with van der Waals surface area (Å²) in [5.41, 5.74) is 0. The fourth-order valence-electron chi connectivity index (χ4n) is 9.18. The molecule has 0 spiro atoms. The van der Waals surface area contributed by atoms with Crippen LogP contribution in [0.2, 0.25) is 0 Å². The molecule has 0 bridgehead atoms. The zero-order valence-electron chi connectivity index (χ0n) is 46.4. The Hall–Kier alpha value is -3.03. The fourth-order valence-corrected chi connectivity index (χ4v) is 9.18. The van der Waals surface area contributed by atoms with Gasteiger partial charge in [0.25, 0.3) is 0 Å². The minimum atomic E-state index is -1.98. The topological polar surface area (TPSA) is 307 Å². The summed E-state index contributed by atoms with van der Waals surface area (Å²) in [6.07, 6.45) is 23.9. The highest BCUT2D eigenvalue weighted by Crippen LogP contribution is 2.33. The summed E-state index contributed by atoms with van der Waals surface area (Å²) in [5, 5.41) is 119. The second-order valence-corrected chi connectivity index (χ2v) is 20.4. The molecule has 0 saturated carbocycles. The van der Waals surface area contributed by atoms with Crippen LogP contribution < -0.4 is 5.32 Å². The standard InChI is InChI=1S/C59H99NO18/c1-3-5-7-9-10-11-12-13-14-15-16-17-18-19-20-21-22-23-24-25-26-27-28-29-30-31-32-33-35-37-47(65)60-42(43(64)36-34-8-6-4-2)41-73-57-53(71)50(68)55(45(39-62)75-57)78-59-54(72)51(69)56(46(40-63)76-59)77-58-52(70)49(67)48(66)44(38-61)74-58/h5,7,10-11,13-14,16-17,19-20,22-23,34,36,42-46,48-59,61-64,66-72H,3-4,6,8-9,12,15,18,21,24-33,35,37-41H2,1-2H3,(H,60,65)/b7-5-,11-10-,14-13-,17-16-,20-19-,23-22-,36-34+. The molecule has 3 heterocycles. The largest absolute Gasteiger partial charge is 0.394 e.